The minimum atomic E-state index is -0.257. The first kappa shape index (κ1) is 18.2. The Balaban J connectivity index is 0.00000192. The molecule has 6 heteroatoms. The van der Waals surface area contributed by atoms with Crippen molar-refractivity contribution in [2.24, 2.45) is 0 Å². The molecule has 3 atom stereocenters. The first-order chi connectivity index (χ1) is 10.6. The van der Waals surface area contributed by atoms with Crippen LogP contribution in [0.2, 0.25) is 0 Å². The molecule has 0 saturated carbocycles. The van der Waals surface area contributed by atoms with E-state index >= 15 is 0 Å². The van der Waals surface area contributed by atoms with E-state index < -0.39 is 0 Å². The summed E-state index contributed by atoms with van der Waals surface area (Å²) < 4.78 is 19.0. The van der Waals surface area contributed by atoms with Gasteiger partial charge in [-0.15, -0.1) is 12.4 Å². The number of carbonyl (C=O) groups is 1. The Morgan fingerprint density at radius 1 is 1.26 bits per heavy atom. The maximum Gasteiger partial charge on any atom is 0.239 e. The predicted molar refractivity (Wildman–Crippen MR) is 89.2 cm³/mol. The second-order valence-corrected chi connectivity index (χ2v) is 6.23. The van der Waals surface area contributed by atoms with Crippen LogP contribution in [0, 0.1) is 5.82 Å². The topological polar surface area (TPSA) is 41.6 Å². The SMILES string of the molecule is CC1CN(C(=O)C2CCCCN2)CC(c2ccc(F)cc2)O1.Cl. The molecule has 0 radical (unpaired) electrons. The van der Waals surface area contributed by atoms with Gasteiger partial charge in [-0.25, -0.2) is 4.39 Å². The fourth-order valence-electron chi connectivity index (χ4n) is 3.28. The van der Waals surface area contributed by atoms with Gasteiger partial charge in [-0.3, -0.25) is 4.79 Å². The highest BCUT2D eigenvalue weighted by molar-refractivity contribution is 5.85. The molecule has 4 nitrogen and oxygen atoms in total. The summed E-state index contributed by atoms with van der Waals surface area (Å²) in [4.78, 5) is 14.6. The summed E-state index contributed by atoms with van der Waals surface area (Å²) in [6.07, 6.45) is 2.95. The number of hydrogen-bond acceptors (Lipinski definition) is 3. The lowest BCUT2D eigenvalue weighted by Crippen LogP contribution is -2.53. The Morgan fingerprint density at radius 3 is 2.65 bits per heavy atom. The van der Waals surface area contributed by atoms with E-state index in [0.717, 1.165) is 31.4 Å². The molecule has 0 aliphatic carbocycles. The lowest BCUT2D eigenvalue weighted by molar-refractivity contribution is -0.147. The molecule has 2 fully saturated rings. The van der Waals surface area contributed by atoms with E-state index in [1.807, 2.05) is 11.8 Å². The van der Waals surface area contributed by atoms with E-state index in [1.165, 1.54) is 12.1 Å². The number of benzene rings is 1. The summed E-state index contributed by atoms with van der Waals surface area (Å²) in [6, 6.07) is 6.28. The van der Waals surface area contributed by atoms with Gasteiger partial charge in [0.25, 0.3) is 0 Å². The molecule has 128 valence electrons. The van der Waals surface area contributed by atoms with Gasteiger partial charge >= 0.3 is 0 Å². The third-order valence-electron chi connectivity index (χ3n) is 4.42. The monoisotopic (exact) mass is 342 g/mol. The van der Waals surface area contributed by atoms with E-state index in [1.54, 1.807) is 12.1 Å². The van der Waals surface area contributed by atoms with Gasteiger partial charge < -0.3 is 15.0 Å². The number of morpholine rings is 1. The standard InChI is InChI=1S/C17H23FN2O2.ClH/c1-12-10-20(17(21)15-4-2-3-9-19-15)11-16(22-12)13-5-7-14(18)8-6-13;/h5-8,12,15-16,19H,2-4,9-11H2,1H3;1H. The van der Waals surface area contributed by atoms with Crippen LogP contribution in [-0.2, 0) is 9.53 Å². The van der Waals surface area contributed by atoms with Crippen LogP contribution in [0.4, 0.5) is 4.39 Å². The van der Waals surface area contributed by atoms with E-state index in [2.05, 4.69) is 5.32 Å². The van der Waals surface area contributed by atoms with Crippen molar-refractivity contribution in [3.63, 3.8) is 0 Å². The van der Waals surface area contributed by atoms with E-state index in [9.17, 15) is 9.18 Å². The third kappa shape index (κ3) is 4.43. The maximum atomic E-state index is 13.1. The summed E-state index contributed by atoms with van der Waals surface area (Å²) >= 11 is 0. The number of rotatable bonds is 2. The lowest BCUT2D eigenvalue weighted by Gasteiger charge is -2.39. The zero-order chi connectivity index (χ0) is 15.5. The molecule has 0 aromatic heterocycles. The van der Waals surface area contributed by atoms with Gasteiger partial charge in [0, 0.05) is 6.54 Å². The van der Waals surface area contributed by atoms with Gasteiger partial charge in [0.2, 0.25) is 5.91 Å². The van der Waals surface area contributed by atoms with Crippen LogP contribution in [0.5, 0.6) is 0 Å². The molecular formula is C17H24ClFN2O2. The van der Waals surface area contributed by atoms with Crippen molar-refractivity contribution >= 4 is 18.3 Å². The summed E-state index contributed by atoms with van der Waals surface area (Å²) in [5.41, 5.74) is 0.919. The predicted octanol–water partition coefficient (Wildman–Crippen LogP) is 2.68. The van der Waals surface area contributed by atoms with Gasteiger partial charge in [-0.1, -0.05) is 18.6 Å². The van der Waals surface area contributed by atoms with Crippen molar-refractivity contribution in [2.45, 2.75) is 44.4 Å². The van der Waals surface area contributed by atoms with Crippen molar-refractivity contribution in [3.05, 3.63) is 35.6 Å². The molecule has 23 heavy (non-hydrogen) atoms. The van der Waals surface area contributed by atoms with Crippen molar-refractivity contribution in [1.29, 1.82) is 0 Å². The Bertz CT molecular complexity index is 520. The van der Waals surface area contributed by atoms with Gasteiger partial charge in [-0.2, -0.15) is 0 Å². The van der Waals surface area contributed by atoms with Crippen LogP contribution in [0.15, 0.2) is 24.3 Å². The molecule has 0 bridgehead atoms. The number of piperidine rings is 1. The van der Waals surface area contributed by atoms with Crippen molar-refractivity contribution in [3.8, 4) is 0 Å². The Morgan fingerprint density at radius 2 is 2.00 bits per heavy atom. The zero-order valence-corrected chi connectivity index (χ0v) is 14.2. The van der Waals surface area contributed by atoms with Crippen molar-refractivity contribution < 1.29 is 13.9 Å². The summed E-state index contributed by atoms with van der Waals surface area (Å²) in [6.45, 7) is 4.05. The highest BCUT2D eigenvalue weighted by atomic mass is 35.5. The second kappa shape index (κ2) is 8.08. The van der Waals surface area contributed by atoms with Crippen LogP contribution in [0.25, 0.3) is 0 Å². The number of ether oxygens (including phenoxy) is 1. The zero-order valence-electron chi connectivity index (χ0n) is 13.3. The van der Waals surface area contributed by atoms with Gasteiger partial charge in [0.15, 0.2) is 0 Å². The van der Waals surface area contributed by atoms with Crippen LogP contribution < -0.4 is 5.32 Å². The highest BCUT2D eigenvalue weighted by Gasteiger charge is 2.33. The summed E-state index contributed by atoms with van der Waals surface area (Å²) in [5.74, 6) is -0.0890. The molecule has 3 rings (SSSR count). The smallest absolute Gasteiger partial charge is 0.239 e. The van der Waals surface area contributed by atoms with Gasteiger partial charge in [-0.05, 0) is 44.0 Å². The van der Waals surface area contributed by atoms with Gasteiger partial charge in [0.05, 0.1) is 18.7 Å². The first-order valence-electron chi connectivity index (χ1n) is 8.06. The maximum absolute atomic E-state index is 13.1. The molecule has 1 N–H and O–H groups in total. The molecule has 3 unspecified atom stereocenters. The molecule has 1 aromatic carbocycles. The van der Waals surface area contributed by atoms with Crippen LogP contribution >= 0.6 is 12.4 Å². The average molecular weight is 343 g/mol. The number of amides is 1. The number of nitrogens with one attached hydrogen (secondary N) is 1. The first-order valence-corrected chi connectivity index (χ1v) is 8.06. The highest BCUT2D eigenvalue weighted by Crippen LogP contribution is 2.26. The molecule has 2 saturated heterocycles. The summed E-state index contributed by atoms with van der Waals surface area (Å²) in [5, 5.41) is 3.31. The number of halogens is 2. The van der Waals surface area contributed by atoms with Crippen LogP contribution in [0.1, 0.15) is 37.9 Å². The summed E-state index contributed by atoms with van der Waals surface area (Å²) in [7, 11) is 0. The Labute approximate surface area is 142 Å². The Hall–Kier alpha value is -1.17. The average Bonchev–Trinajstić information content (AvgIpc) is 2.55. The quantitative estimate of drug-likeness (QED) is 0.898. The number of nitrogens with zero attached hydrogens (tertiary/aromatic N) is 1. The normalized spacial score (nSPS) is 28.1. The van der Waals surface area contributed by atoms with Crippen LogP contribution in [-0.4, -0.2) is 42.6 Å². The van der Waals surface area contributed by atoms with Gasteiger partial charge in [0.1, 0.15) is 11.9 Å². The minimum absolute atomic E-state index is 0. The molecule has 2 aliphatic heterocycles. The minimum Gasteiger partial charge on any atom is -0.367 e. The van der Waals surface area contributed by atoms with E-state index in [-0.39, 0.29) is 42.4 Å². The number of carbonyl (C=O) groups excluding carboxylic acids is 1. The van der Waals surface area contributed by atoms with Crippen LogP contribution in [0.3, 0.4) is 0 Å². The molecule has 1 aromatic rings. The third-order valence-corrected chi connectivity index (χ3v) is 4.42. The fourth-order valence-corrected chi connectivity index (χ4v) is 3.28. The second-order valence-electron chi connectivity index (χ2n) is 6.23. The fraction of sp³-hybridized carbons (Fsp3) is 0.588. The largest absolute Gasteiger partial charge is 0.367 e. The molecule has 0 spiro atoms. The molecular weight excluding hydrogens is 319 g/mol. The molecule has 1 amide bonds. The number of hydrogen-bond donors (Lipinski definition) is 1. The van der Waals surface area contributed by atoms with Crippen molar-refractivity contribution in [1.82, 2.24) is 10.2 Å². The lowest BCUT2D eigenvalue weighted by atomic mass is 10.0. The van der Waals surface area contributed by atoms with E-state index in [0.29, 0.717) is 13.1 Å². The molecule has 2 aliphatic rings. The van der Waals surface area contributed by atoms with Crippen molar-refractivity contribution in [2.75, 3.05) is 19.6 Å². The Kier molecular flexibility index (Phi) is 6.39. The molecule has 2 heterocycles. The van der Waals surface area contributed by atoms with E-state index in [4.69, 9.17) is 4.74 Å².